The molecule has 0 radical (unpaired) electrons. The van der Waals surface area contributed by atoms with Crippen LogP contribution in [0.3, 0.4) is 0 Å². The van der Waals surface area contributed by atoms with E-state index in [9.17, 15) is 4.79 Å². The van der Waals surface area contributed by atoms with Crippen LogP contribution < -0.4 is 15.0 Å². The summed E-state index contributed by atoms with van der Waals surface area (Å²) in [7, 11) is 1.60. The Hall–Kier alpha value is -3.05. The molecule has 3 aromatic rings. The van der Waals surface area contributed by atoms with Gasteiger partial charge < -0.3 is 10.1 Å². The van der Waals surface area contributed by atoms with Crippen LogP contribution in [-0.2, 0) is 0 Å². The van der Waals surface area contributed by atoms with Gasteiger partial charge >= 0.3 is 0 Å². The average molecular weight is 366 g/mol. The quantitative estimate of drug-likeness (QED) is 0.738. The molecule has 1 amide bonds. The number of nitrogens with one attached hydrogen (secondary N) is 1. The Morgan fingerprint density at radius 2 is 1.92 bits per heavy atom. The molecular formula is C20H16ClN3O2. The number of methoxy groups -OCH3 is 1. The summed E-state index contributed by atoms with van der Waals surface area (Å²) >= 11 is 5.97. The smallest absolute Gasteiger partial charge is 0.262 e. The number of ether oxygens (including phenoxy) is 1. The summed E-state index contributed by atoms with van der Waals surface area (Å²) in [6.07, 6.45) is 1.27. The van der Waals surface area contributed by atoms with Crippen LogP contribution in [0.2, 0.25) is 5.02 Å². The predicted octanol–water partition coefficient (Wildman–Crippen LogP) is 4.51. The fourth-order valence-electron chi connectivity index (χ4n) is 3.05. The van der Waals surface area contributed by atoms with E-state index in [1.54, 1.807) is 42.5 Å². The van der Waals surface area contributed by atoms with Gasteiger partial charge in [-0.15, -0.1) is 0 Å². The molecule has 0 fully saturated rings. The summed E-state index contributed by atoms with van der Waals surface area (Å²) in [6, 6.07) is 18.3. The van der Waals surface area contributed by atoms with Crippen LogP contribution in [0.25, 0.3) is 0 Å². The highest BCUT2D eigenvalue weighted by Crippen LogP contribution is 2.37. The molecule has 1 aromatic heterocycles. The van der Waals surface area contributed by atoms with Gasteiger partial charge in [0.15, 0.2) is 6.17 Å². The molecule has 1 atom stereocenters. The highest BCUT2D eigenvalue weighted by molar-refractivity contribution is 6.30. The van der Waals surface area contributed by atoms with Gasteiger partial charge in [-0.05, 0) is 48.5 Å². The number of aromatic nitrogens is 1. The first kappa shape index (κ1) is 16.4. The van der Waals surface area contributed by atoms with E-state index in [1.807, 2.05) is 36.4 Å². The van der Waals surface area contributed by atoms with Gasteiger partial charge in [-0.3, -0.25) is 14.7 Å². The number of nitrogens with zero attached hydrogens (tertiary/aromatic N) is 2. The molecule has 5 nitrogen and oxygen atoms in total. The molecule has 1 aliphatic rings. The minimum Gasteiger partial charge on any atom is -0.497 e. The SMILES string of the molecule is COc1cccc(N2C(=O)c3cccnc3C2Nc2ccc(Cl)cc2)c1. The standard InChI is InChI=1S/C20H16ClN3O2/c1-26-16-5-2-4-15(12-16)24-19(23-14-9-7-13(21)8-10-14)18-17(20(24)25)6-3-11-22-18/h2-12,19,23H,1H3. The van der Waals surface area contributed by atoms with Crippen LogP contribution in [0.4, 0.5) is 11.4 Å². The lowest BCUT2D eigenvalue weighted by molar-refractivity contribution is 0.0993. The zero-order valence-corrected chi connectivity index (χ0v) is 14.8. The van der Waals surface area contributed by atoms with E-state index < -0.39 is 6.17 Å². The second-order valence-corrected chi connectivity index (χ2v) is 6.30. The Balaban J connectivity index is 1.77. The van der Waals surface area contributed by atoms with E-state index in [0.717, 1.165) is 11.4 Å². The number of benzene rings is 2. The lowest BCUT2D eigenvalue weighted by Crippen LogP contribution is -2.32. The molecule has 26 heavy (non-hydrogen) atoms. The molecule has 1 N–H and O–H groups in total. The number of anilines is 2. The van der Waals surface area contributed by atoms with Crippen LogP contribution in [0.1, 0.15) is 22.2 Å². The van der Waals surface area contributed by atoms with Crippen molar-refractivity contribution in [2.45, 2.75) is 6.17 Å². The van der Waals surface area contributed by atoms with Crippen molar-refractivity contribution in [3.05, 3.63) is 83.1 Å². The van der Waals surface area contributed by atoms with E-state index in [2.05, 4.69) is 10.3 Å². The zero-order valence-electron chi connectivity index (χ0n) is 14.0. The van der Waals surface area contributed by atoms with Crippen molar-refractivity contribution in [2.75, 3.05) is 17.3 Å². The van der Waals surface area contributed by atoms with Crippen molar-refractivity contribution in [1.29, 1.82) is 0 Å². The topological polar surface area (TPSA) is 54.5 Å². The number of carbonyl (C=O) groups is 1. The van der Waals surface area contributed by atoms with E-state index in [-0.39, 0.29) is 5.91 Å². The van der Waals surface area contributed by atoms with E-state index >= 15 is 0 Å². The fraction of sp³-hybridized carbons (Fsp3) is 0.100. The molecule has 1 aliphatic heterocycles. The number of pyridine rings is 1. The maximum Gasteiger partial charge on any atom is 0.262 e. The number of amides is 1. The van der Waals surface area contributed by atoms with Crippen LogP contribution in [0, 0.1) is 0 Å². The van der Waals surface area contributed by atoms with Crippen molar-refractivity contribution < 1.29 is 9.53 Å². The number of hydrogen-bond donors (Lipinski definition) is 1. The predicted molar refractivity (Wildman–Crippen MR) is 102 cm³/mol. The van der Waals surface area contributed by atoms with Gasteiger partial charge in [0.25, 0.3) is 5.91 Å². The highest BCUT2D eigenvalue weighted by atomic mass is 35.5. The molecule has 6 heteroatoms. The van der Waals surface area contributed by atoms with Crippen LogP contribution >= 0.6 is 11.6 Å². The maximum atomic E-state index is 13.0. The van der Waals surface area contributed by atoms with Crippen LogP contribution in [0.5, 0.6) is 5.75 Å². The van der Waals surface area contributed by atoms with Crippen molar-refractivity contribution in [2.24, 2.45) is 0 Å². The van der Waals surface area contributed by atoms with Crippen molar-refractivity contribution in [3.63, 3.8) is 0 Å². The van der Waals surface area contributed by atoms with Gasteiger partial charge in [-0.2, -0.15) is 0 Å². The second kappa shape index (κ2) is 6.69. The van der Waals surface area contributed by atoms with Gasteiger partial charge in [0.2, 0.25) is 0 Å². The zero-order chi connectivity index (χ0) is 18.1. The summed E-state index contributed by atoms with van der Waals surface area (Å²) in [5.74, 6) is 0.581. The van der Waals surface area contributed by atoms with Crippen molar-refractivity contribution in [1.82, 2.24) is 4.98 Å². The summed E-state index contributed by atoms with van der Waals surface area (Å²) < 4.78 is 5.30. The van der Waals surface area contributed by atoms with Gasteiger partial charge in [0, 0.05) is 23.0 Å². The molecule has 0 bridgehead atoms. The minimum atomic E-state index is -0.424. The first-order valence-electron chi connectivity index (χ1n) is 8.12. The van der Waals surface area contributed by atoms with Gasteiger partial charge in [0.05, 0.1) is 24.1 Å². The van der Waals surface area contributed by atoms with Gasteiger partial charge in [0.1, 0.15) is 5.75 Å². The molecule has 0 saturated heterocycles. The number of halogens is 1. The van der Waals surface area contributed by atoms with Crippen LogP contribution in [0.15, 0.2) is 66.9 Å². The number of carbonyl (C=O) groups excluding carboxylic acids is 1. The third-order valence-corrected chi connectivity index (χ3v) is 4.54. The summed E-state index contributed by atoms with van der Waals surface area (Å²) in [4.78, 5) is 19.2. The van der Waals surface area contributed by atoms with Crippen molar-refractivity contribution in [3.8, 4) is 5.75 Å². The Morgan fingerprint density at radius 1 is 1.12 bits per heavy atom. The summed E-state index contributed by atoms with van der Waals surface area (Å²) in [6.45, 7) is 0. The Bertz CT molecular complexity index is 959. The first-order chi connectivity index (χ1) is 12.7. The maximum absolute atomic E-state index is 13.0. The Morgan fingerprint density at radius 3 is 2.69 bits per heavy atom. The molecule has 0 spiro atoms. The average Bonchev–Trinajstić information content (AvgIpc) is 2.96. The molecule has 2 heterocycles. The van der Waals surface area contributed by atoms with E-state index in [1.165, 1.54) is 0 Å². The normalized spacial score (nSPS) is 15.7. The Labute approximate surface area is 156 Å². The third-order valence-electron chi connectivity index (χ3n) is 4.28. The Kier molecular flexibility index (Phi) is 4.22. The molecule has 2 aromatic carbocycles. The first-order valence-corrected chi connectivity index (χ1v) is 8.50. The number of rotatable bonds is 4. The molecule has 1 unspecified atom stereocenters. The minimum absolute atomic E-state index is 0.104. The fourth-order valence-corrected chi connectivity index (χ4v) is 3.18. The molecular weight excluding hydrogens is 350 g/mol. The van der Waals surface area contributed by atoms with Crippen LogP contribution in [-0.4, -0.2) is 18.0 Å². The van der Waals surface area contributed by atoms with E-state index in [4.69, 9.17) is 16.3 Å². The third kappa shape index (κ3) is 2.86. The van der Waals surface area contributed by atoms with E-state index in [0.29, 0.717) is 22.0 Å². The largest absolute Gasteiger partial charge is 0.497 e. The van der Waals surface area contributed by atoms with Gasteiger partial charge in [-0.25, -0.2) is 0 Å². The molecule has 130 valence electrons. The lowest BCUT2D eigenvalue weighted by atomic mass is 10.2. The summed E-state index contributed by atoms with van der Waals surface area (Å²) in [5.41, 5.74) is 2.86. The number of hydrogen-bond acceptors (Lipinski definition) is 4. The summed E-state index contributed by atoms with van der Waals surface area (Å²) in [5, 5.41) is 4.04. The van der Waals surface area contributed by atoms with Gasteiger partial charge in [-0.1, -0.05) is 17.7 Å². The van der Waals surface area contributed by atoms with Crippen molar-refractivity contribution >= 4 is 28.9 Å². The lowest BCUT2D eigenvalue weighted by Gasteiger charge is -2.26. The number of fused-ring (bicyclic) bond motifs is 1. The second-order valence-electron chi connectivity index (χ2n) is 5.87. The highest BCUT2D eigenvalue weighted by Gasteiger charge is 2.39. The molecule has 0 aliphatic carbocycles. The monoisotopic (exact) mass is 365 g/mol. The molecule has 4 rings (SSSR count). The molecule has 0 saturated carbocycles.